The lowest BCUT2D eigenvalue weighted by atomic mass is 10.2. The van der Waals surface area contributed by atoms with Crippen molar-refractivity contribution in [1.82, 2.24) is 14.9 Å². The van der Waals surface area contributed by atoms with Crippen LogP contribution >= 0.6 is 34.4 Å². The van der Waals surface area contributed by atoms with Crippen LogP contribution in [0.3, 0.4) is 0 Å². The Morgan fingerprint density at radius 3 is 2.86 bits per heavy atom. The zero-order valence-electron chi connectivity index (χ0n) is 14.3. The highest BCUT2D eigenvalue weighted by Gasteiger charge is 2.16. The van der Waals surface area contributed by atoms with E-state index in [-0.39, 0.29) is 17.0 Å². The van der Waals surface area contributed by atoms with Gasteiger partial charge in [-0.1, -0.05) is 41.2 Å². The van der Waals surface area contributed by atoms with Crippen LogP contribution in [0.5, 0.6) is 0 Å². The number of hydrogen-bond acceptors (Lipinski definition) is 8. The molecule has 0 atom stereocenters. The van der Waals surface area contributed by atoms with Crippen molar-refractivity contribution in [3.05, 3.63) is 52.2 Å². The predicted octanol–water partition coefficient (Wildman–Crippen LogP) is 3.06. The largest absolute Gasteiger partial charge is 0.296 e. The zero-order valence-corrected chi connectivity index (χ0v) is 17.6. The fraction of sp³-hybridized carbons (Fsp3) is 0.118. The van der Waals surface area contributed by atoms with Gasteiger partial charge in [-0.3, -0.25) is 10.1 Å². The molecule has 0 saturated carbocycles. The topological polar surface area (TPSA) is 101 Å². The van der Waals surface area contributed by atoms with Crippen LogP contribution in [-0.2, 0) is 15.8 Å². The van der Waals surface area contributed by atoms with Crippen molar-refractivity contribution >= 4 is 55.5 Å². The van der Waals surface area contributed by atoms with Gasteiger partial charge in [0, 0.05) is 16.2 Å². The van der Waals surface area contributed by atoms with Gasteiger partial charge in [0.05, 0.1) is 11.4 Å². The fourth-order valence-corrected chi connectivity index (χ4v) is 5.54. The molecule has 0 spiro atoms. The van der Waals surface area contributed by atoms with Crippen LogP contribution < -0.4 is 10.0 Å². The van der Waals surface area contributed by atoms with Gasteiger partial charge in [-0.2, -0.15) is 4.72 Å². The maximum Gasteiger partial charge on any atom is 0.257 e. The second kappa shape index (κ2) is 9.31. The van der Waals surface area contributed by atoms with Crippen LogP contribution in [-0.4, -0.2) is 31.1 Å². The summed E-state index contributed by atoms with van der Waals surface area (Å²) in [7, 11) is -3.78. The number of anilines is 1. The monoisotopic (exact) mass is 450 g/mol. The number of aromatic nitrogens is 2. The van der Waals surface area contributed by atoms with Crippen molar-refractivity contribution in [3.8, 4) is 12.3 Å². The number of carbonyl (C=O) groups is 1. The number of benzene rings is 1. The highest BCUT2D eigenvalue weighted by Crippen LogP contribution is 2.29. The normalized spacial score (nSPS) is 11.1. The summed E-state index contributed by atoms with van der Waals surface area (Å²) in [5.74, 6) is 2.51. The van der Waals surface area contributed by atoms with E-state index in [1.54, 1.807) is 11.3 Å². The number of thiophene rings is 1. The highest BCUT2D eigenvalue weighted by atomic mass is 32.2. The van der Waals surface area contributed by atoms with E-state index in [0.717, 1.165) is 10.1 Å². The fourth-order valence-electron chi connectivity index (χ4n) is 2.04. The van der Waals surface area contributed by atoms with Crippen LogP contribution in [0.4, 0.5) is 5.13 Å². The number of hydrogen-bond donors (Lipinski definition) is 2. The third kappa shape index (κ3) is 5.40. The second-order valence-corrected chi connectivity index (χ2v) is 10.3. The molecule has 28 heavy (non-hydrogen) atoms. The molecule has 3 rings (SSSR count). The summed E-state index contributed by atoms with van der Waals surface area (Å²) in [5.41, 5.74) is 0.187. The maximum absolute atomic E-state index is 12.4. The zero-order chi connectivity index (χ0) is 20.0. The Labute approximate surface area is 174 Å². The molecule has 2 aromatic heterocycles. The molecule has 0 bridgehead atoms. The van der Waals surface area contributed by atoms with Crippen molar-refractivity contribution in [3.63, 3.8) is 0 Å². The van der Waals surface area contributed by atoms with Crippen molar-refractivity contribution in [2.75, 3.05) is 11.9 Å². The van der Waals surface area contributed by atoms with Crippen LogP contribution in [0.2, 0.25) is 0 Å². The number of nitrogens with zero attached hydrogens (tertiary/aromatic N) is 2. The SMILES string of the molecule is C#CCNS(=O)(=O)c1cccc(C(=O)Nc2nnc(SCc3cccs3)s2)c1. The molecule has 3 aromatic rings. The number of thioether (sulfide) groups is 1. The van der Waals surface area contributed by atoms with Crippen molar-refractivity contribution in [2.45, 2.75) is 15.0 Å². The molecule has 0 saturated heterocycles. The molecule has 0 unspecified atom stereocenters. The Bertz CT molecular complexity index is 1100. The average Bonchev–Trinajstić information content (AvgIpc) is 3.37. The van der Waals surface area contributed by atoms with E-state index in [9.17, 15) is 13.2 Å². The molecule has 0 aliphatic heterocycles. The lowest BCUT2D eigenvalue weighted by Crippen LogP contribution is -2.24. The van der Waals surface area contributed by atoms with Crippen LogP contribution in [0.1, 0.15) is 15.2 Å². The Morgan fingerprint density at radius 2 is 2.11 bits per heavy atom. The standard InChI is InChI=1S/C17H14N4O3S4/c1-2-8-18-28(23,24)14-7-3-5-12(10-14)15(22)19-16-20-21-17(27-16)26-11-13-6-4-9-25-13/h1,3-7,9-10,18H,8,11H2,(H,19,20,22). The molecule has 0 aliphatic rings. The second-order valence-electron chi connectivity index (χ2n) is 5.25. The molecular formula is C17H14N4O3S4. The first-order chi connectivity index (χ1) is 13.5. The predicted molar refractivity (Wildman–Crippen MR) is 112 cm³/mol. The Kier molecular flexibility index (Phi) is 6.82. The molecule has 7 nitrogen and oxygen atoms in total. The summed E-state index contributed by atoms with van der Waals surface area (Å²) in [4.78, 5) is 13.6. The molecule has 1 amide bonds. The van der Waals surface area contributed by atoms with Crippen molar-refractivity contribution in [2.24, 2.45) is 0 Å². The lowest BCUT2D eigenvalue weighted by molar-refractivity contribution is 0.102. The number of rotatable bonds is 8. The highest BCUT2D eigenvalue weighted by molar-refractivity contribution is 8.00. The van der Waals surface area contributed by atoms with Gasteiger partial charge in [0.1, 0.15) is 0 Å². The van der Waals surface area contributed by atoms with Gasteiger partial charge in [0.2, 0.25) is 15.2 Å². The smallest absolute Gasteiger partial charge is 0.257 e. The van der Waals surface area contributed by atoms with E-state index >= 15 is 0 Å². The summed E-state index contributed by atoms with van der Waals surface area (Å²) in [5, 5.41) is 13.0. The Hall–Kier alpha value is -2.23. The van der Waals surface area contributed by atoms with Crippen molar-refractivity contribution in [1.29, 1.82) is 0 Å². The van der Waals surface area contributed by atoms with E-state index in [4.69, 9.17) is 6.42 Å². The third-order valence-electron chi connectivity index (χ3n) is 3.32. The Morgan fingerprint density at radius 1 is 1.25 bits per heavy atom. The van der Waals surface area contributed by atoms with Crippen LogP contribution in [0, 0.1) is 12.3 Å². The molecule has 0 aliphatic carbocycles. The van der Waals surface area contributed by atoms with Gasteiger partial charge in [-0.05, 0) is 29.6 Å². The Balaban J connectivity index is 1.65. The first-order valence-electron chi connectivity index (χ1n) is 7.81. The van der Waals surface area contributed by atoms with Gasteiger partial charge in [-0.25, -0.2) is 8.42 Å². The molecule has 144 valence electrons. The van der Waals surface area contributed by atoms with Gasteiger partial charge >= 0.3 is 0 Å². The summed E-state index contributed by atoms with van der Waals surface area (Å²) in [6.45, 7) is -0.130. The first-order valence-corrected chi connectivity index (χ1v) is 12.0. The number of nitrogens with one attached hydrogen (secondary N) is 2. The minimum absolute atomic E-state index is 0.0418. The lowest BCUT2D eigenvalue weighted by Gasteiger charge is -2.06. The maximum atomic E-state index is 12.4. The average molecular weight is 451 g/mol. The number of carbonyl (C=O) groups excluding carboxylic acids is 1. The van der Waals surface area contributed by atoms with E-state index in [2.05, 4.69) is 26.2 Å². The summed E-state index contributed by atoms with van der Waals surface area (Å²) < 4.78 is 27.3. The van der Waals surface area contributed by atoms with Gasteiger partial charge in [0.15, 0.2) is 4.34 Å². The van der Waals surface area contributed by atoms with Gasteiger partial charge < -0.3 is 0 Å². The summed E-state index contributed by atoms with van der Waals surface area (Å²) in [6.07, 6.45) is 5.07. The third-order valence-corrected chi connectivity index (χ3v) is 7.79. The molecule has 2 heterocycles. The first kappa shape index (κ1) is 20.5. The molecule has 1 aromatic carbocycles. The van der Waals surface area contributed by atoms with Crippen LogP contribution in [0.15, 0.2) is 51.0 Å². The molecular weight excluding hydrogens is 436 g/mol. The quantitative estimate of drug-likeness (QED) is 0.311. The van der Waals surface area contributed by atoms with Crippen molar-refractivity contribution < 1.29 is 13.2 Å². The van der Waals surface area contributed by atoms with Crippen LogP contribution in [0.25, 0.3) is 0 Å². The number of amides is 1. The number of sulfonamides is 1. The van der Waals surface area contributed by atoms with E-state index in [1.807, 2.05) is 17.5 Å². The minimum atomic E-state index is -3.78. The van der Waals surface area contributed by atoms with E-state index < -0.39 is 15.9 Å². The van der Waals surface area contributed by atoms with E-state index in [1.165, 1.54) is 52.2 Å². The van der Waals surface area contributed by atoms with Gasteiger partial charge in [0.25, 0.3) is 5.91 Å². The van der Waals surface area contributed by atoms with E-state index in [0.29, 0.717) is 5.13 Å². The summed E-state index contributed by atoms with van der Waals surface area (Å²) in [6, 6.07) is 9.70. The summed E-state index contributed by atoms with van der Waals surface area (Å²) >= 11 is 4.46. The van der Waals surface area contributed by atoms with Gasteiger partial charge in [-0.15, -0.1) is 28.0 Å². The molecule has 11 heteroatoms. The molecule has 2 N–H and O–H groups in total. The molecule has 0 radical (unpaired) electrons. The number of terminal acetylenes is 1. The minimum Gasteiger partial charge on any atom is -0.296 e. The molecule has 0 fully saturated rings.